The minimum atomic E-state index is -0.0745. The lowest BCUT2D eigenvalue weighted by molar-refractivity contribution is 0.104. The Bertz CT molecular complexity index is 634. The molecule has 19 heavy (non-hydrogen) atoms. The SMILES string of the molecule is O=C(c1ccc2c(c1)OCCO2)c1cc(Br)c(Cl)s1. The normalized spacial score (nSPS) is 13.4. The number of hydrogen-bond donors (Lipinski definition) is 0. The van der Waals surface area contributed by atoms with Gasteiger partial charge < -0.3 is 9.47 Å². The van der Waals surface area contributed by atoms with E-state index in [1.54, 1.807) is 24.3 Å². The number of hydrogen-bond acceptors (Lipinski definition) is 4. The molecule has 0 saturated carbocycles. The van der Waals surface area contributed by atoms with Gasteiger partial charge in [0.05, 0.1) is 4.88 Å². The van der Waals surface area contributed by atoms with Gasteiger partial charge >= 0.3 is 0 Å². The molecule has 0 unspecified atom stereocenters. The second kappa shape index (κ2) is 5.15. The molecule has 0 aliphatic carbocycles. The maximum absolute atomic E-state index is 12.3. The maximum Gasteiger partial charge on any atom is 0.203 e. The van der Waals surface area contributed by atoms with Crippen molar-refractivity contribution < 1.29 is 14.3 Å². The molecule has 98 valence electrons. The number of carbonyl (C=O) groups is 1. The van der Waals surface area contributed by atoms with Crippen LogP contribution in [-0.2, 0) is 0 Å². The minimum Gasteiger partial charge on any atom is -0.486 e. The molecule has 0 amide bonds. The van der Waals surface area contributed by atoms with Crippen molar-refractivity contribution in [3.63, 3.8) is 0 Å². The highest BCUT2D eigenvalue weighted by Gasteiger charge is 2.18. The first-order chi connectivity index (χ1) is 9.15. The first-order valence-corrected chi connectivity index (χ1v) is 7.53. The van der Waals surface area contributed by atoms with Gasteiger partial charge in [0.2, 0.25) is 5.78 Å². The van der Waals surface area contributed by atoms with Gasteiger partial charge in [-0.3, -0.25) is 4.79 Å². The van der Waals surface area contributed by atoms with Crippen molar-refractivity contribution >= 4 is 44.7 Å². The van der Waals surface area contributed by atoms with Crippen LogP contribution in [0.1, 0.15) is 15.2 Å². The van der Waals surface area contributed by atoms with Gasteiger partial charge in [-0.2, -0.15) is 0 Å². The number of halogens is 2. The number of fused-ring (bicyclic) bond motifs is 1. The zero-order valence-electron chi connectivity index (χ0n) is 9.61. The van der Waals surface area contributed by atoms with E-state index in [9.17, 15) is 4.79 Å². The molecule has 2 heterocycles. The molecule has 0 saturated heterocycles. The van der Waals surface area contributed by atoms with Gasteiger partial charge in [-0.25, -0.2) is 0 Å². The molecular formula is C13H8BrClO3S. The summed E-state index contributed by atoms with van der Waals surface area (Å²) in [7, 11) is 0. The molecule has 0 bridgehead atoms. The van der Waals surface area contributed by atoms with Crippen molar-refractivity contribution in [2.24, 2.45) is 0 Å². The molecule has 3 nitrogen and oxygen atoms in total. The van der Waals surface area contributed by atoms with E-state index in [-0.39, 0.29) is 5.78 Å². The second-order valence-electron chi connectivity index (χ2n) is 3.92. The average molecular weight is 360 g/mol. The Hall–Kier alpha value is -1.04. The van der Waals surface area contributed by atoms with Gasteiger partial charge in [0.25, 0.3) is 0 Å². The van der Waals surface area contributed by atoms with Crippen LogP contribution in [0.5, 0.6) is 11.5 Å². The molecule has 2 aromatic rings. The van der Waals surface area contributed by atoms with E-state index in [1.165, 1.54) is 11.3 Å². The first kappa shape index (κ1) is 13.0. The van der Waals surface area contributed by atoms with Crippen LogP contribution in [0.2, 0.25) is 4.34 Å². The van der Waals surface area contributed by atoms with Crippen LogP contribution in [0.25, 0.3) is 0 Å². The van der Waals surface area contributed by atoms with Crippen LogP contribution in [0, 0.1) is 0 Å². The standard InChI is InChI=1S/C13H8BrClO3S/c14-8-6-11(19-13(8)15)12(16)7-1-2-9-10(5-7)18-4-3-17-9/h1-2,5-6H,3-4H2. The highest BCUT2D eigenvalue weighted by molar-refractivity contribution is 9.10. The van der Waals surface area contributed by atoms with Crippen LogP contribution in [-0.4, -0.2) is 19.0 Å². The number of benzene rings is 1. The van der Waals surface area contributed by atoms with Crippen molar-refractivity contribution in [3.05, 3.63) is 43.5 Å². The van der Waals surface area contributed by atoms with Crippen molar-refractivity contribution in [2.75, 3.05) is 13.2 Å². The highest BCUT2D eigenvalue weighted by atomic mass is 79.9. The molecule has 6 heteroatoms. The Labute approximate surface area is 127 Å². The summed E-state index contributed by atoms with van der Waals surface area (Å²) in [5.74, 6) is 1.21. The van der Waals surface area contributed by atoms with E-state index in [0.29, 0.717) is 39.5 Å². The Balaban J connectivity index is 1.95. The summed E-state index contributed by atoms with van der Waals surface area (Å²) in [5.41, 5.74) is 0.565. The summed E-state index contributed by atoms with van der Waals surface area (Å²) >= 11 is 10.5. The number of ether oxygens (including phenoxy) is 2. The van der Waals surface area contributed by atoms with Gasteiger partial charge in [0.15, 0.2) is 11.5 Å². The third-order valence-electron chi connectivity index (χ3n) is 2.67. The van der Waals surface area contributed by atoms with Crippen LogP contribution >= 0.6 is 38.9 Å². The Kier molecular flexibility index (Phi) is 3.52. The fraction of sp³-hybridized carbons (Fsp3) is 0.154. The predicted octanol–water partition coefficient (Wildman–Crippen LogP) is 4.17. The molecule has 3 rings (SSSR count). The number of ketones is 1. The zero-order valence-corrected chi connectivity index (χ0v) is 12.8. The van der Waals surface area contributed by atoms with Crippen LogP contribution in [0.3, 0.4) is 0 Å². The number of rotatable bonds is 2. The predicted molar refractivity (Wildman–Crippen MR) is 77.9 cm³/mol. The highest BCUT2D eigenvalue weighted by Crippen LogP contribution is 2.35. The number of carbonyl (C=O) groups excluding carboxylic acids is 1. The third kappa shape index (κ3) is 2.50. The van der Waals surface area contributed by atoms with E-state index >= 15 is 0 Å². The molecule has 1 aromatic heterocycles. The summed E-state index contributed by atoms with van der Waals surface area (Å²) in [6.07, 6.45) is 0. The average Bonchev–Trinajstić information content (AvgIpc) is 2.77. The summed E-state index contributed by atoms with van der Waals surface area (Å²) in [4.78, 5) is 12.9. The largest absolute Gasteiger partial charge is 0.486 e. The van der Waals surface area contributed by atoms with Crippen LogP contribution in [0.15, 0.2) is 28.7 Å². The minimum absolute atomic E-state index is 0.0745. The molecule has 1 aromatic carbocycles. The summed E-state index contributed by atoms with van der Waals surface area (Å²) in [6.45, 7) is 1.04. The Morgan fingerprint density at radius 3 is 2.63 bits per heavy atom. The Morgan fingerprint density at radius 1 is 1.21 bits per heavy atom. The van der Waals surface area contributed by atoms with Gasteiger partial charge in [-0.1, -0.05) is 11.6 Å². The lowest BCUT2D eigenvalue weighted by atomic mass is 10.1. The van der Waals surface area contributed by atoms with Crippen LogP contribution in [0.4, 0.5) is 0 Å². The van der Waals surface area contributed by atoms with Crippen LogP contribution < -0.4 is 9.47 Å². The molecule has 0 N–H and O–H groups in total. The van der Waals surface area contributed by atoms with Crippen molar-refractivity contribution in [1.29, 1.82) is 0 Å². The second-order valence-corrected chi connectivity index (χ2v) is 6.43. The Morgan fingerprint density at radius 2 is 1.95 bits per heavy atom. The molecule has 0 atom stereocenters. The van der Waals surface area contributed by atoms with Gasteiger partial charge in [-0.15, -0.1) is 11.3 Å². The smallest absolute Gasteiger partial charge is 0.203 e. The van der Waals surface area contributed by atoms with Gasteiger partial charge in [0.1, 0.15) is 17.6 Å². The van der Waals surface area contributed by atoms with E-state index in [0.717, 1.165) is 4.47 Å². The third-order valence-corrected chi connectivity index (χ3v) is 5.15. The monoisotopic (exact) mass is 358 g/mol. The maximum atomic E-state index is 12.3. The van der Waals surface area contributed by atoms with Crippen molar-refractivity contribution in [1.82, 2.24) is 0 Å². The summed E-state index contributed by atoms with van der Waals surface area (Å²) in [6, 6.07) is 6.92. The fourth-order valence-electron chi connectivity index (χ4n) is 1.79. The quantitative estimate of drug-likeness (QED) is 0.755. The molecule has 0 radical (unpaired) electrons. The molecular weight excluding hydrogens is 352 g/mol. The van der Waals surface area contributed by atoms with Gasteiger partial charge in [-0.05, 0) is 40.2 Å². The molecule has 0 spiro atoms. The first-order valence-electron chi connectivity index (χ1n) is 5.54. The molecule has 1 aliphatic heterocycles. The van der Waals surface area contributed by atoms with E-state index < -0.39 is 0 Å². The fourth-order valence-corrected chi connectivity index (χ4v) is 3.45. The summed E-state index contributed by atoms with van der Waals surface area (Å²) < 4.78 is 12.2. The lowest BCUT2D eigenvalue weighted by Crippen LogP contribution is -2.15. The van der Waals surface area contributed by atoms with E-state index in [4.69, 9.17) is 21.1 Å². The topological polar surface area (TPSA) is 35.5 Å². The summed E-state index contributed by atoms with van der Waals surface area (Å²) in [5, 5.41) is 0. The van der Waals surface area contributed by atoms with E-state index in [1.807, 2.05) is 0 Å². The molecule has 0 fully saturated rings. The number of thiophene rings is 1. The zero-order chi connectivity index (χ0) is 13.4. The van der Waals surface area contributed by atoms with E-state index in [2.05, 4.69) is 15.9 Å². The molecule has 1 aliphatic rings. The van der Waals surface area contributed by atoms with Crippen molar-refractivity contribution in [2.45, 2.75) is 0 Å². The van der Waals surface area contributed by atoms with Gasteiger partial charge in [0, 0.05) is 10.0 Å². The lowest BCUT2D eigenvalue weighted by Gasteiger charge is -2.18. The van der Waals surface area contributed by atoms with Crippen molar-refractivity contribution in [3.8, 4) is 11.5 Å².